The lowest BCUT2D eigenvalue weighted by Gasteiger charge is -2.38. The second kappa shape index (κ2) is 6.68. The van der Waals surface area contributed by atoms with E-state index in [0.29, 0.717) is 19.8 Å². The molecular weight excluding hydrogens is 242 g/mol. The van der Waals surface area contributed by atoms with Crippen molar-refractivity contribution in [3.8, 4) is 0 Å². The van der Waals surface area contributed by atoms with E-state index in [1.165, 1.54) is 0 Å². The van der Waals surface area contributed by atoms with Crippen LogP contribution in [0.4, 0.5) is 0 Å². The summed E-state index contributed by atoms with van der Waals surface area (Å²) >= 11 is 0. The van der Waals surface area contributed by atoms with E-state index in [2.05, 4.69) is 11.8 Å². The van der Waals surface area contributed by atoms with Crippen LogP contribution in [0.3, 0.4) is 0 Å². The summed E-state index contributed by atoms with van der Waals surface area (Å²) in [6.07, 6.45) is 0. The number of carbonyl (C=O) groups is 1. The maximum absolute atomic E-state index is 12.3. The van der Waals surface area contributed by atoms with Crippen molar-refractivity contribution < 1.29 is 14.3 Å². The molecule has 1 aliphatic heterocycles. The smallest absolute Gasteiger partial charge is 0.328 e. The fraction of sp³-hybridized carbons (Fsp3) is 0.533. The summed E-state index contributed by atoms with van der Waals surface area (Å²) < 4.78 is 10.7. The number of esters is 1. The molecule has 0 aliphatic carbocycles. The summed E-state index contributed by atoms with van der Waals surface area (Å²) in [6, 6.07) is 9.69. The van der Waals surface area contributed by atoms with Crippen molar-refractivity contribution in [1.82, 2.24) is 4.90 Å². The van der Waals surface area contributed by atoms with E-state index in [1.807, 2.05) is 37.3 Å². The van der Waals surface area contributed by atoms with Crippen LogP contribution in [0.25, 0.3) is 0 Å². The molecule has 0 amide bonds. The SMILES string of the molecule is CCOC(=O)C(c1ccccc1)N1CCOCC1C. The Bertz CT molecular complexity index is 407. The molecule has 0 aromatic heterocycles. The standard InChI is InChI=1S/C15H21NO3/c1-3-19-15(17)14(13-7-5-4-6-8-13)16-9-10-18-11-12(16)2/h4-8,12,14H,3,9-11H2,1-2H3. The summed E-state index contributed by atoms with van der Waals surface area (Å²) in [6.45, 7) is 6.38. The number of carbonyl (C=O) groups excluding carboxylic acids is 1. The molecular formula is C15H21NO3. The Hall–Kier alpha value is -1.39. The molecule has 0 bridgehead atoms. The molecule has 1 aromatic carbocycles. The topological polar surface area (TPSA) is 38.8 Å². The van der Waals surface area contributed by atoms with Crippen molar-refractivity contribution >= 4 is 5.97 Å². The molecule has 2 atom stereocenters. The van der Waals surface area contributed by atoms with Gasteiger partial charge in [0.25, 0.3) is 0 Å². The van der Waals surface area contributed by atoms with E-state index in [-0.39, 0.29) is 18.1 Å². The van der Waals surface area contributed by atoms with Gasteiger partial charge in [0.15, 0.2) is 0 Å². The summed E-state index contributed by atoms with van der Waals surface area (Å²) in [7, 11) is 0. The highest BCUT2D eigenvalue weighted by Gasteiger charge is 2.33. The minimum atomic E-state index is -0.333. The Labute approximate surface area is 114 Å². The molecule has 4 heteroatoms. The Balaban J connectivity index is 2.25. The van der Waals surface area contributed by atoms with Gasteiger partial charge in [0.1, 0.15) is 6.04 Å². The van der Waals surface area contributed by atoms with Crippen molar-refractivity contribution in [3.63, 3.8) is 0 Å². The summed E-state index contributed by atoms with van der Waals surface area (Å²) in [5, 5.41) is 0. The van der Waals surface area contributed by atoms with Crippen LogP contribution in [0, 0.1) is 0 Å². The van der Waals surface area contributed by atoms with Crippen LogP contribution in [0.15, 0.2) is 30.3 Å². The highest BCUT2D eigenvalue weighted by Crippen LogP contribution is 2.26. The predicted molar refractivity (Wildman–Crippen MR) is 72.8 cm³/mol. The van der Waals surface area contributed by atoms with E-state index >= 15 is 0 Å². The number of ether oxygens (including phenoxy) is 2. The van der Waals surface area contributed by atoms with Gasteiger partial charge in [0.05, 0.1) is 19.8 Å². The predicted octanol–water partition coefficient (Wildman–Crippen LogP) is 2.01. The van der Waals surface area contributed by atoms with Crippen LogP contribution < -0.4 is 0 Å². The maximum atomic E-state index is 12.3. The maximum Gasteiger partial charge on any atom is 0.328 e. The second-order valence-corrected chi connectivity index (χ2v) is 4.73. The quantitative estimate of drug-likeness (QED) is 0.779. The largest absolute Gasteiger partial charge is 0.465 e. The van der Waals surface area contributed by atoms with Crippen LogP contribution in [0.5, 0.6) is 0 Å². The average molecular weight is 263 g/mol. The van der Waals surface area contributed by atoms with Gasteiger partial charge < -0.3 is 9.47 Å². The van der Waals surface area contributed by atoms with Gasteiger partial charge in [0.2, 0.25) is 0 Å². The van der Waals surface area contributed by atoms with Crippen molar-refractivity contribution in [2.45, 2.75) is 25.9 Å². The zero-order valence-electron chi connectivity index (χ0n) is 11.5. The summed E-state index contributed by atoms with van der Waals surface area (Å²) in [4.78, 5) is 14.4. The van der Waals surface area contributed by atoms with Crippen molar-refractivity contribution in [2.75, 3.05) is 26.4 Å². The Morgan fingerprint density at radius 3 is 2.84 bits per heavy atom. The van der Waals surface area contributed by atoms with Crippen molar-refractivity contribution in [2.24, 2.45) is 0 Å². The van der Waals surface area contributed by atoms with E-state index < -0.39 is 0 Å². The van der Waals surface area contributed by atoms with E-state index in [9.17, 15) is 4.79 Å². The van der Waals surface area contributed by atoms with Gasteiger partial charge in [-0.25, -0.2) is 4.79 Å². The normalized spacial score (nSPS) is 21.9. The molecule has 1 heterocycles. The lowest BCUT2D eigenvalue weighted by atomic mass is 10.0. The number of rotatable bonds is 4. The number of hydrogen-bond acceptors (Lipinski definition) is 4. The third-order valence-corrected chi connectivity index (χ3v) is 3.38. The Morgan fingerprint density at radius 2 is 2.21 bits per heavy atom. The van der Waals surface area contributed by atoms with Crippen LogP contribution in [-0.2, 0) is 14.3 Å². The van der Waals surface area contributed by atoms with Crippen LogP contribution >= 0.6 is 0 Å². The van der Waals surface area contributed by atoms with Crippen LogP contribution in [0.2, 0.25) is 0 Å². The molecule has 19 heavy (non-hydrogen) atoms. The molecule has 0 spiro atoms. The van der Waals surface area contributed by atoms with E-state index in [0.717, 1.165) is 12.1 Å². The van der Waals surface area contributed by atoms with E-state index in [1.54, 1.807) is 0 Å². The third-order valence-electron chi connectivity index (χ3n) is 3.38. The van der Waals surface area contributed by atoms with Crippen molar-refractivity contribution in [3.05, 3.63) is 35.9 Å². The molecule has 104 valence electrons. The third kappa shape index (κ3) is 3.33. The first-order chi connectivity index (χ1) is 9.24. The second-order valence-electron chi connectivity index (χ2n) is 4.73. The minimum absolute atomic E-state index is 0.178. The first kappa shape index (κ1) is 14.0. The van der Waals surface area contributed by atoms with Gasteiger partial charge in [-0.3, -0.25) is 4.90 Å². The molecule has 0 N–H and O–H groups in total. The molecule has 2 rings (SSSR count). The number of benzene rings is 1. The Kier molecular flexibility index (Phi) is 4.93. The average Bonchev–Trinajstić information content (AvgIpc) is 2.43. The minimum Gasteiger partial charge on any atom is -0.465 e. The number of nitrogens with zero attached hydrogens (tertiary/aromatic N) is 1. The highest BCUT2D eigenvalue weighted by molar-refractivity contribution is 5.77. The molecule has 0 radical (unpaired) electrons. The zero-order chi connectivity index (χ0) is 13.7. The molecule has 1 aliphatic rings. The molecule has 1 fully saturated rings. The van der Waals surface area contributed by atoms with Gasteiger partial charge in [-0.05, 0) is 19.4 Å². The molecule has 1 aromatic rings. The van der Waals surface area contributed by atoms with Crippen molar-refractivity contribution in [1.29, 1.82) is 0 Å². The summed E-state index contributed by atoms with van der Waals surface area (Å²) in [5.41, 5.74) is 0.981. The van der Waals surface area contributed by atoms with Gasteiger partial charge in [-0.15, -0.1) is 0 Å². The van der Waals surface area contributed by atoms with Gasteiger partial charge in [-0.2, -0.15) is 0 Å². The van der Waals surface area contributed by atoms with Crippen LogP contribution in [0.1, 0.15) is 25.5 Å². The molecule has 0 saturated carbocycles. The zero-order valence-corrected chi connectivity index (χ0v) is 11.5. The van der Waals surface area contributed by atoms with E-state index in [4.69, 9.17) is 9.47 Å². The molecule has 4 nitrogen and oxygen atoms in total. The van der Waals surface area contributed by atoms with Gasteiger partial charge in [0, 0.05) is 12.6 Å². The number of hydrogen-bond donors (Lipinski definition) is 0. The fourth-order valence-corrected chi connectivity index (χ4v) is 2.44. The first-order valence-electron chi connectivity index (χ1n) is 6.79. The van der Waals surface area contributed by atoms with Crippen LogP contribution in [-0.4, -0.2) is 43.3 Å². The Morgan fingerprint density at radius 1 is 1.47 bits per heavy atom. The molecule has 1 saturated heterocycles. The summed E-state index contributed by atoms with van der Waals surface area (Å²) in [5.74, 6) is -0.178. The highest BCUT2D eigenvalue weighted by atomic mass is 16.5. The lowest BCUT2D eigenvalue weighted by Crippen LogP contribution is -2.48. The number of morpholine rings is 1. The first-order valence-corrected chi connectivity index (χ1v) is 6.79. The molecule has 2 unspecified atom stereocenters. The fourth-order valence-electron chi connectivity index (χ4n) is 2.44. The van der Waals surface area contributed by atoms with Gasteiger partial charge >= 0.3 is 5.97 Å². The lowest BCUT2D eigenvalue weighted by molar-refractivity contribution is -0.153. The van der Waals surface area contributed by atoms with Gasteiger partial charge in [-0.1, -0.05) is 30.3 Å². The monoisotopic (exact) mass is 263 g/mol.